The van der Waals surface area contributed by atoms with Crippen LogP contribution in [0.15, 0.2) is 22.9 Å². The van der Waals surface area contributed by atoms with Crippen molar-refractivity contribution in [1.82, 2.24) is 9.97 Å². The van der Waals surface area contributed by atoms with Crippen molar-refractivity contribution in [3.8, 4) is 0 Å². The minimum atomic E-state index is 1.04. The fraction of sp³-hybridized carbons (Fsp3) is 0.125. The van der Waals surface area contributed by atoms with Gasteiger partial charge in [-0.2, -0.15) is 0 Å². The first-order valence-corrected chi connectivity index (χ1v) is 4.16. The van der Waals surface area contributed by atoms with Gasteiger partial charge in [0.05, 0.1) is 11.2 Å². The van der Waals surface area contributed by atoms with Gasteiger partial charge in [0.2, 0.25) is 0 Å². The third-order valence-electron chi connectivity index (χ3n) is 1.74. The van der Waals surface area contributed by atoms with E-state index in [1.807, 2.05) is 25.4 Å². The second kappa shape index (κ2) is 2.34. The van der Waals surface area contributed by atoms with E-state index in [4.69, 9.17) is 0 Å². The Kier molecular flexibility index (Phi) is 1.46. The predicted molar refractivity (Wildman–Crippen MR) is 48.5 cm³/mol. The lowest BCUT2D eigenvalue weighted by Crippen LogP contribution is -1.82. The number of pyridine rings is 1. The van der Waals surface area contributed by atoms with E-state index in [1.54, 1.807) is 0 Å². The summed E-state index contributed by atoms with van der Waals surface area (Å²) in [6, 6.07) is 2.04. The topological polar surface area (TPSA) is 28.7 Å². The van der Waals surface area contributed by atoms with Gasteiger partial charge < -0.3 is 4.98 Å². The number of aromatic amines is 1. The minimum Gasteiger partial charge on any atom is -0.360 e. The van der Waals surface area contributed by atoms with Crippen LogP contribution in [0.4, 0.5) is 0 Å². The second-order valence-corrected chi connectivity index (χ2v) is 3.31. The summed E-state index contributed by atoms with van der Waals surface area (Å²) in [6.45, 7) is 1.99. The maximum Gasteiger partial charge on any atom is 0.0681 e. The Bertz CT molecular complexity index is 356. The molecule has 2 aromatic rings. The zero-order valence-corrected chi connectivity index (χ0v) is 7.64. The van der Waals surface area contributed by atoms with Gasteiger partial charge in [0.15, 0.2) is 0 Å². The molecule has 0 aliphatic rings. The molecule has 0 amide bonds. The van der Waals surface area contributed by atoms with Crippen molar-refractivity contribution in [1.29, 1.82) is 0 Å². The highest BCUT2D eigenvalue weighted by Gasteiger charge is 2.01. The monoisotopic (exact) mass is 210 g/mol. The lowest BCUT2D eigenvalue weighted by atomic mass is 10.3. The van der Waals surface area contributed by atoms with Crippen molar-refractivity contribution >= 4 is 26.8 Å². The van der Waals surface area contributed by atoms with Gasteiger partial charge in [-0.25, -0.2) is 0 Å². The molecule has 0 unspecified atom stereocenters. The van der Waals surface area contributed by atoms with Crippen LogP contribution < -0.4 is 0 Å². The Morgan fingerprint density at radius 3 is 3.09 bits per heavy atom. The zero-order chi connectivity index (χ0) is 7.84. The third kappa shape index (κ3) is 0.959. The molecule has 0 fully saturated rings. The summed E-state index contributed by atoms with van der Waals surface area (Å²) < 4.78 is 1.04. The number of nitrogens with one attached hydrogen (secondary N) is 1. The predicted octanol–water partition coefficient (Wildman–Crippen LogP) is 2.63. The quantitative estimate of drug-likeness (QED) is 0.712. The number of rotatable bonds is 0. The van der Waals surface area contributed by atoms with Gasteiger partial charge in [0, 0.05) is 22.3 Å². The van der Waals surface area contributed by atoms with Crippen molar-refractivity contribution in [2.45, 2.75) is 6.92 Å². The van der Waals surface area contributed by atoms with E-state index in [9.17, 15) is 0 Å². The van der Waals surface area contributed by atoms with Crippen molar-refractivity contribution < 1.29 is 0 Å². The average molecular weight is 211 g/mol. The summed E-state index contributed by atoms with van der Waals surface area (Å²) in [7, 11) is 0. The molecule has 2 nitrogen and oxygen atoms in total. The number of aromatic nitrogens is 2. The first-order chi connectivity index (χ1) is 5.29. The van der Waals surface area contributed by atoms with Crippen molar-refractivity contribution in [3.63, 3.8) is 0 Å². The number of H-pyrrole nitrogens is 1. The fourth-order valence-electron chi connectivity index (χ4n) is 1.16. The van der Waals surface area contributed by atoms with E-state index < -0.39 is 0 Å². The average Bonchev–Trinajstić information content (AvgIpc) is 2.45. The number of fused-ring (bicyclic) bond motifs is 1. The lowest BCUT2D eigenvalue weighted by Gasteiger charge is -1.95. The van der Waals surface area contributed by atoms with Crippen molar-refractivity contribution in [3.05, 3.63) is 28.6 Å². The normalized spacial score (nSPS) is 10.7. The highest BCUT2D eigenvalue weighted by Crippen LogP contribution is 2.23. The first kappa shape index (κ1) is 6.85. The second-order valence-electron chi connectivity index (χ2n) is 2.46. The van der Waals surface area contributed by atoms with E-state index in [0.717, 1.165) is 15.7 Å². The molecule has 0 saturated heterocycles. The number of nitrogens with zero attached hydrogens (tertiary/aromatic N) is 1. The molecule has 2 aromatic heterocycles. The highest BCUT2D eigenvalue weighted by molar-refractivity contribution is 9.10. The molecule has 0 aromatic carbocycles. The molecular weight excluding hydrogens is 204 g/mol. The molecule has 1 N–H and O–H groups in total. The van der Waals surface area contributed by atoms with Crippen LogP contribution >= 0.6 is 15.9 Å². The standard InChI is InChI=1S/C8H7BrN2/c1-5-8-6(2-3-10-8)7(9)4-11-5/h2-4,10H,1H3. The van der Waals surface area contributed by atoms with Gasteiger partial charge in [-0.1, -0.05) is 0 Å². The molecule has 0 bridgehead atoms. The number of hydrogen-bond donors (Lipinski definition) is 1. The first-order valence-electron chi connectivity index (χ1n) is 3.37. The summed E-state index contributed by atoms with van der Waals surface area (Å²) in [4.78, 5) is 7.34. The third-order valence-corrected chi connectivity index (χ3v) is 2.37. The summed E-state index contributed by atoms with van der Waals surface area (Å²) in [5, 5.41) is 1.19. The molecule has 0 atom stereocenters. The molecule has 0 radical (unpaired) electrons. The van der Waals surface area contributed by atoms with Gasteiger partial charge >= 0.3 is 0 Å². The Balaban J connectivity index is 2.96. The van der Waals surface area contributed by atoms with Gasteiger partial charge in [-0.15, -0.1) is 0 Å². The van der Waals surface area contributed by atoms with Gasteiger partial charge in [-0.3, -0.25) is 4.98 Å². The van der Waals surface area contributed by atoms with E-state index >= 15 is 0 Å². The van der Waals surface area contributed by atoms with Crippen LogP contribution in [-0.4, -0.2) is 9.97 Å². The molecule has 0 saturated carbocycles. The number of aryl methyl sites for hydroxylation is 1. The van der Waals surface area contributed by atoms with E-state index in [0.29, 0.717) is 0 Å². The molecule has 0 spiro atoms. The Labute approximate surface area is 72.8 Å². The Morgan fingerprint density at radius 2 is 2.36 bits per heavy atom. The van der Waals surface area contributed by atoms with Gasteiger partial charge in [0.1, 0.15) is 0 Å². The van der Waals surface area contributed by atoms with Crippen LogP contribution in [-0.2, 0) is 0 Å². The molecule has 0 aliphatic heterocycles. The number of hydrogen-bond acceptors (Lipinski definition) is 1. The van der Waals surface area contributed by atoms with Crippen LogP contribution in [0.25, 0.3) is 10.9 Å². The molecule has 2 heterocycles. The van der Waals surface area contributed by atoms with Crippen LogP contribution in [0.3, 0.4) is 0 Å². The highest BCUT2D eigenvalue weighted by atomic mass is 79.9. The van der Waals surface area contributed by atoms with Crippen LogP contribution in [0.2, 0.25) is 0 Å². The molecule has 56 valence electrons. The summed E-state index contributed by atoms with van der Waals surface area (Å²) >= 11 is 3.43. The summed E-state index contributed by atoms with van der Waals surface area (Å²) in [5.74, 6) is 0. The van der Waals surface area contributed by atoms with E-state index in [1.165, 1.54) is 5.39 Å². The molecular formula is C8H7BrN2. The largest absolute Gasteiger partial charge is 0.360 e. The molecule has 2 rings (SSSR count). The molecule has 3 heteroatoms. The van der Waals surface area contributed by atoms with Gasteiger partial charge in [-0.05, 0) is 28.9 Å². The summed E-state index contributed by atoms with van der Waals surface area (Å²) in [5.41, 5.74) is 2.15. The fourth-order valence-corrected chi connectivity index (χ4v) is 1.59. The number of halogens is 1. The maximum absolute atomic E-state index is 4.20. The zero-order valence-electron chi connectivity index (χ0n) is 6.06. The molecule has 0 aliphatic carbocycles. The Morgan fingerprint density at radius 1 is 1.55 bits per heavy atom. The molecule has 11 heavy (non-hydrogen) atoms. The van der Waals surface area contributed by atoms with E-state index in [-0.39, 0.29) is 0 Å². The van der Waals surface area contributed by atoms with Gasteiger partial charge in [0.25, 0.3) is 0 Å². The van der Waals surface area contributed by atoms with Crippen LogP contribution in [0.5, 0.6) is 0 Å². The van der Waals surface area contributed by atoms with E-state index in [2.05, 4.69) is 25.9 Å². The van der Waals surface area contributed by atoms with Crippen molar-refractivity contribution in [2.75, 3.05) is 0 Å². The SMILES string of the molecule is Cc1ncc(Br)c2cc[nH]c12. The summed E-state index contributed by atoms with van der Waals surface area (Å²) in [6.07, 6.45) is 3.75. The van der Waals surface area contributed by atoms with Crippen LogP contribution in [0, 0.1) is 6.92 Å². The smallest absolute Gasteiger partial charge is 0.0681 e. The maximum atomic E-state index is 4.20. The lowest BCUT2D eigenvalue weighted by molar-refractivity contribution is 1.21. The Hall–Kier alpha value is -0.830. The van der Waals surface area contributed by atoms with Crippen molar-refractivity contribution in [2.24, 2.45) is 0 Å². The van der Waals surface area contributed by atoms with Crippen LogP contribution in [0.1, 0.15) is 5.69 Å². The minimum absolute atomic E-state index is 1.04.